The summed E-state index contributed by atoms with van der Waals surface area (Å²) in [5, 5.41) is 14.8. The van der Waals surface area contributed by atoms with Crippen LogP contribution in [0.15, 0.2) is 222 Å². The molecule has 0 saturated heterocycles. The van der Waals surface area contributed by atoms with Crippen LogP contribution < -0.4 is 10.6 Å². The van der Waals surface area contributed by atoms with Gasteiger partial charge in [-0.3, -0.25) is 9.88 Å². The molecule has 3 aliphatic rings. The smallest absolute Gasteiger partial charge is 0.136 e. The maximum Gasteiger partial charge on any atom is 0.136 e. The monoisotopic (exact) mass is 857 g/mol. The molecular formula is C63H43N3O. The molecule has 4 nitrogen and oxygen atoms in total. The number of rotatable bonds is 5. The molecule has 0 bridgehead atoms. The predicted octanol–water partition coefficient (Wildman–Crippen LogP) is 15.3. The Labute approximate surface area is 388 Å². The topological polar surface area (TPSA) is 42.1 Å². The maximum absolute atomic E-state index is 6.64. The van der Waals surface area contributed by atoms with Crippen molar-refractivity contribution >= 4 is 77.6 Å². The molecule has 2 aliphatic heterocycles. The van der Waals surface area contributed by atoms with Gasteiger partial charge in [0.05, 0.1) is 11.0 Å². The molecule has 4 heterocycles. The number of dihydropyridines is 1. The average molecular weight is 858 g/mol. The van der Waals surface area contributed by atoms with E-state index in [0.717, 1.165) is 57.4 Å². The quantitative estimate of drug-likeness (QED) is 0.181. The molecule has 1 unspecified atom stereocenters. The Morgan fingerprint density at radius 2 is 1.24 bits per heavy atom. The first-order valence-electron chi connectivity index (χ1n) is 23.3. The average Bonchev–Trinajstić information content (AvgIpc) is 3.88. The van der Waals surface area contributed by atoms with Gasteiger partial charge >= 0.3 is 0 Å². The minimum absolute atomic E-state index is 0.0139. The molecule has 11 aromatic rings. The molecule has 0 spiro atoms. The van der Waals surface area contributed by atoms with Gasteiger partial charge in [-0.1, -0.05) is 170 Å². The Bertz CT molecular complexity index is 3970. The number of hydrogen-bond acceptors (Lipinski definition) is 3. The minimum Gasteiger partial charge on any atom is -0.456 e. The van der Waals surface area contributed by atoms with Crippen molar-refractivity contribution < 1.29 is 4.42 Å². The first kappa shape index (κ1) is 37.9. The van der Waals surface area contributed by atoms with Crippen LogP contribution in [0.1, 0.15) is 22.3 Å². The lowest BCUT2D eigenvalue weighted by Crippen LogP contribution is -2.47. The molecule has 0 amide bonds. The van der Waals surface area contributed by atoms with Crippen molar-refractivity contribution in [3.05, 3.63) is 240 Å². The van der Waals surface area contributed by atoms with Crippen LogP contribution in [0, 0.1) is 0 Å². The maximum atomic E-state index is 6.64. The summed E-state index contributed by atoms with van der Waals surface area (Å²) in [5.41, 5.74) is 20.1. The lowest BCUT2D eigenvalue weighted by atomic mass is 9.90. The van der Waals surface area contributed by atoms with E-state index in [1.807, 2.05) is 0 Å². The Hall–Kier alpha value is -8.44. The van der Waals surface area contributed by atoms with Crippen molar-refractivity contribution in [3.63, 3.8) is 0 Å². The second-order valence-electron chi connectivity index (χ2n) is 18.1. The lowest BCUT2D eigenvalue weighted by molar-refractivity contribution is 0.552. The van der Waals surface area contributed by atoms with E-state index in [-0.39, 0.29) is 6.17 Å². The Morgan fingerprint density at radius 3 is 2.13 bits per heavy atom. The molecule has 2 N–H and O–H groups in total. The molecule has 316 valence electrons. The number of hydrogen-bond donors (Lipinski definition) is 2. The SMILES string of the molecule is C1=CC2=C(c3ccccc3)C=C(n3c4ccc(-c5ccc6oc7cccc(-c8ccc9c(c8)-c8ccccc8C=C(c8ccccc8)C9)c7c6c5)cc4c4c5ccccc5ccc43)NC2NC1. The van der Waals surface area contributed by atoms with Crippen LogP contribution in [-0.2, 0) is 6.42 Å². The van der Waals surface area contributed by atoms with Gasteiger partial charge in [0, 0.05) is 28.1 Å². The van der Waals surface area contributed by atoms with E-state index in [1.54, 1.807) is 0 Å². The van der Waals surface area contributed by atoms with Crippen LogP contribution in [0.2, 0.25) is 0 Å². The van der Waals surface area contributed by atoms with Gasteiger partial charge in [0.2, 0.25) is 0 Å². The summed E-state index contributed by atoms with van der Waals surface area (Å²) >= 11 is 0. The summed E-state index contributed by atoms with van der Waals surface area (Å²) in [4.78, 5) is 0. The van der Waals surface area contributed by atoms with E-state index in [0.29, 0.717) is 0 Å². The second-order valence-corrected chi connectivity index (χ2v) is 18.1. The van der Waals surface area contributed by atoms with Crippen molar-refractivity contribution in [2.24, 2.45) is 0 Å². The Balaban J connectivity index is 0.921. The van der Waals surface area contributed by atoms with E-state index in [2.05, 4.69) is 234 Å². The van der Waals surface area contributed by atoms with Gasteiger partial charge in [0.25, 0.3) is 0 Å². The third-order valence-corrected chi connectivity index (χ3v) is 14.3. The second kappa shape index (κ2) is 15.1. The van der Waals surface area contributed by atoms with E-state index < -0.39 is 0 Å². The fourth-order valence-electron chi connectivity index (χ4n) is 11.1. The molecule has 2 aromatic heterocycles. The first-order chi connectivity index (χ1) is 33.2. The van der Waals surface area contributed by atoms with Crippen molar-refractivity contribution in [2.45, 2.75) is 12.6 Å². The van der Waals surface area contributed by atoms with E-state index in [9.17, 15) is 0 Å². The normalized spacial score (nSPS) is 15.6. The van der Waals surface area contributed by atoms with Crippen molar-refractivity contribution in [2.75, 3.05) is 6.54 Å². The van der Waals surface area contributed by atoms with Crippen molar-refractivity contribution in [1.82, 2.24) is 15.2 Å². The Kier molecular flexibility index (Phi) is 8.52. The summed E-state index contributed by atoms with van der Waals surface area (Å²) < 4.78 is 9.07. The van der Waals surface area contributed by atoms with E-state index >= 15 is 0 Å². The van der Waals surface area contributed by atoms with Gasteiger partial charge in [-0.25, -0.2) is 0 Å². The van der Waals surface area contributed by atoms with Gasteiger partial charge < -0.3 is 9.73 Å². The highest BCUT2D eigenvalue weighted by Gasteiger charge is 2.27. The number of allylic oxidation sites excluding steroid dienone is 3. The standard InChI is InChI=1S/C63H43N3O/c1-3-13-39(14-4-1)47-33-44-18-8-9-19-48(44)52-37-46(25-24-45(52)34-47)50-21-11-23-59-62(50)55-36-43(28-31-58(55)67-59)42-27-29-56-54(35-42)61-49-20-10-7-17-41(49)26-30-57(61)66(56)60-38-53(40-15-5-2-6-16-40)51-22-12-32-64-63(51)65-60/h1-31,33,35-38,63-65H,32,34H2. The number of benzene rings is 9. The summed E-state index contributed by atoms with van der Waals surface area (Å²) in [5.74, 6) is 1.05. The third kappa shape index (κ3) is 6.11. The van der Waals surface area contributed by atoms with Crippen LogP contribution in [0.5, 0.6) is 0 Å². The number of nitrogens with zero attached hydrogens (tertiary/aromatic N) is 1. The van der Waals surface area contributed by atoms with Crippen LogP contribution >= 0.6 is 0 Å². The van der Waals surface area contributed by atoms with Crippen LogP contribution in [-0.4, -0.2) is 17.3 Å². The zero-order chi connectivity index (χ0) is 44.0. The van der Waals surface area contributed by atoms with Crippen LogP contribution in [0.25, 0.3) is 111 Å². The summed E-state index contributed by atoms with van der Waals surface area (Å²) in [6.45, 7) is 0.811. The zero-order valence-electron chi connectivity index (χ0n) is 36.6. The molecule has 4 heteroatoms. The molecule has 9 aromatic carbocycles. The zero-order valence-corrected chi connectivity index (χ0v) is 36.6. The van der Waals surface area contributed by atoms with Gasteiger partial charge in [0.15, 0.2) is 0 Å². The van der Waals surface area contributed by atoms with Crippen molar-refractivity contribution in [3.8, 4) is 33.4 Å². The van der Waals surface area contributed by atoms with Crippen LogP contribution in [0.4, 0.5) is 0 Å². The number of furan rings is 1. The van der Waals surface area contributed by atoms with Gasteiger partial charge in [0.1, 0.15) is 23.2 Å². The minimum atomic E-state index is -0.0139. The summed E-state index contributed by atoms with van der Waals surface area (Å²) in [6, 6.07) is 70.9. The highest BCUT2D eigenvalue weighted by molar-refractivity contribution is 6.22. The van der Waals surface area contributed by atoms with E-state index in [4.69, 9.17) is 4.42 Å². The lowest BCUT2D eigenvalue weighted by Gasteiger charge is -2.33. The fourth-order valence-corrected chi connectivity index (χ4v) is 11.1. The highest BCUT2D eigenvalue weighted by Crippen LogP contribution is 2.44. The number of nitrogens with one attached hydrogen (secondary N) is 2. The molecule has 1 atom stereocenters. The number of aromatic nitrogens is 1. The molecule has 14 rings (SSSR count). The predicted molar refractivity (Wildman–Crippen MR) is 280 cm³/mol. The molecule has 67 heavy (non-hydrogen) atoms. The molecule has 1 aliphatic carbocycles. The van der Waals surface area contributed by atoms with Crippen LogP contribution in [0.3, 0.4) is 0 Å². The Morgan fingerprint density at radius 1 is 0.493 bits per heavy atom. The highest BCUT2D eigenvalue weighted by atomic mass is 16.3. The van der Waals surface area contributed by atoms with Gasteiger partial charge in [-0.05, 0) is 138 Å². The van der Waals surface area contributed by atoms with E-state index in [1.165, 1.54) is 88.3 Å². The molecular weight excluding hydrogens is 815 g/mol. The largest absolute Gasteiger partial charge is 0.456 e. The number of fused-ring (bicyclic) bond motifs is 12. The summed E-state index contributed by atoms with van der Waals surface area (Å²) in [7, 11) is 0. The van der Waals surface area contributed by atoms with Crippen molar-refractivity contribution in [1.29, 1.82) is 0 Å². The van der Waals surface area contributed by atoms with Gasteiger partial charge in [-0.15, -0.1) is 0 Å². The molecule has 0 saturated carbocycles. The van der Waals surface area contributed by atoms with Gasteiger partial charge in [-0.2, -0.15) is 0 Å². The fraction of sp³-hybridized carbons (Fsp3) is 0.0476. The molecule has 0 fully saturated rings. The summed E-state index contributed by atoms with van der Waals surface area (Å²) in [6.07, 6.45) is 10.0. The third-order valence-electron chi connectivity index (χ3n) is 14.3. The molecule has 0 radical (unpaired) electrons. The first-order valence-corrected chi connectivity index (χ1v) is 23.3.